The molecule has 0 saturated heterocycles. The van der Waals surface area contributed by atoms with Crippen LogP contribution in [0.15, 0.2) is 41.5 Å². The molecule has 2 fully saturated rings. The number of aliphatic hydroxyl groups is 1. The summed E-state index contributed by atoms with van der Waals surface area (Å²) in [5.74, 6) is 0.785. The normalized spacial score (nSPS) is 18.4. The molecule has 4 aromatic heterocycles. The Kier molecular flexibility index (Phi) is 8.02. The van der Waals surface area contributed by atoms with Crippen LogP contribution in [0.1, 0.15) is 51.5 Å². The van der Waals surface area contributed by atoms with Crippen molar-refractivity contribution in [1.29, 1.82) is 0 Å². The van der Waals surface area contributed by atoms with Crippen LogP contribution >= 0.6 is 0 Å². The monoisotopic (exact) mass is 603 g/mol. The van der Waals surface area contributed by atoms with E-state index in [0.29, 0.717) is 28.6 Å². The fourth-order valence-electron chi connectivity index (χ4n) is 6.19. The number of fused-ring (bicyclic) bond motifs is 3. The molecule has 1 amide bonds. The van der Waals surface area contributed by atoms with E-state index in [2.05, 4.69) is 22.0 Å². The van der Waals surface area contributed by atoms with Gasteiger partial charge < -0.3 is 20.6 Å². The summed E-state index contributed by atoms with van der Waals surface area (Å²) in [6.45, 7) is 2.38. The van der Waals surface area contributed by atoms with Crippen LogP contribution in [0, 0.1) is 17.8 Å². The van der Waals surface area contributed by atoms with Gasteiger partial charge >= 0.3 is 5.69 Å². The molecule has 2 saturated carbocycles. The maximum atomic E-state index is 15.0. The van der Waals surface area contributed by atoms with Crippen molar-refractivity contribution in [1.82, 2.24) is 28.9 Å². The summed E-state index contributed by atoms with van der Waals surface area (Å²) in [5.41, 5.74) is 9.37. The van der Waals surface area contributed by atoms with Gasteiger partial charge in [0.25, 0.3) is 0 Å². The van der Waals surface area contributed by atoms with E-state index >= 15 is 4.39 Å². The van der Waals surface area contributed by atoms with Crippen molar-refractivity contribution >= 4 is 28.0 Å². The third-order valence-corrected chi connectivity index (χ3v) is 8.76. The average molecular weight is 604 g/mol. The molecule has 1 aromatic carbocycles. The molecule has 0 radical (unpaired) electrons. The Morgan fingerprint density at radius 3 is 2.41 bits per heavy atom. The number of halogens is 1. The molecule has 4 N–H and O–H groups in total. The number of nitrogens with one attached hydrogen (secondary N) is 1. The molecule has 4 heterocycles. The fourth-order valence-corrected chi connectivity index (χ4v) is 6.19. The van der Waals surface area contributed by atoms with Gasteiger partial charge in [0.1, 0.15) is 18.0 Å². The van der Waals surface area contributed by atoms with Gasteiger partial charge in [0.05, 0.1) is 40.5 Å². The van der Waals surface area contributed by atoms with E-state index < -0.39 is 5.95 Å². The number of benzene rings is 1. The Balaban J connectivity index is 0.000000513. The summed E-state index contributed by atoms with van der Waals surface area (Å²) in [6, 6.07) is 7.53. The van der Waals surface area contributed by atoms with Crippen LogP contribution in [0.4, 0.5) is 4.39 Å². The zero-order valence-electron chi connectivity index (χ0n) is 25.2. The van der Waals surface area contributed by atoms with Gasteiger partial charge in [0.2, 0.25) is 11.9 Å². The van der Waals surface area contributed by atoms with Crippen LogP contribution in [0.5, 0.6) is 5.75 Å². The molecule has 0 bridgehead atoms. The molecule has 2 aliphatic carbocycles. The highest BCUT2D eigenvalue weighted by atomic mass is 19.1. The Morgan fingerprint density at radius 2 is 1.84 bits per heavy atom. The van der Waals surface area contributed by atoms with Gasteiger partial charge in [-0.1, -0.05) is 19.1 Å². The smallest absolute Gasteiger partial charge is 0.329 e. The number of H-pyrrole nitrogens is 1. The lowest BCUT2D eigenvalue weighted by Crippen LogP contribution is -2.28. The molecule has 2 aliphatic rings. The second-order valence-corrected chi connectivity index (χ2v) is 12.0. The highest BCUT2D eigenvalue weighted by Crippen LogP contribution is 2.43. The van der Waals surface area contributed by atoms with E-state index in [1.165, 1.54) is 4.68 Å². The minimum atomic E-state index is -0.592. The average Bonchev–Trinajstić information content (AvgIpc) is 3.66. The van der Waals surface area contributed by atoms with Gasteiger partial charge in [0, 0.05) is 37.8 Å². The number of ether oxygens (including phenoxy) is 1. The van der Waals surface area contributed by atoms with Crippen molar-refractivity contribution < 1.29 is 19.0 Å². The van der Waals surface area contributed by atoms with Crippen molar-refractivity contribution in [3.8, 4) is 28.1 Å². The number of hydrogen-bond acceptors (Lipinski definition) is 6. The number of aryl methyl sites for hydroxylation is 2. The van der Waals surface area contributed by atoms with E-state index in [4.69, 9.17) is 15.6 Å². The zero-order valence-corrected chi connectivity index (χ0v) is 25.2. The number of pyridine rings is 1. The summed E-state index contributed by atoms with van der Waals surface area (Å²) in [6.07, 6.45) is 9.42. The van der Waals surface area contributed by atoms with Gasteiger partial charge in [0.15, 0.2) is 0 Å². The van der Waals surface area contributed by atoms with Gasteiger partial charge in [-0.3, -0.25) is 18.6 Å². The van der Waals surface area contributed by atoms with Gasteiger partial charge in [-0.2, -0.15) is 4.39 Å². The minimum absolute atomic E-state index is 0.0668. The van der Waals surface area contributed by atoms with Crippen LogP contribution in [0.2, 0.25) is 0 Å². The highest BCUT2D eigenvalue weighted by Gasteiger charge is 2.29. The maximum absolute atomic E-state index is 15.0. The second kappa shape index (κ2) is 11.9. The number of carbonyl (C=O) groups excluding carboxylic acids is 1. The molecular weight excluding hydrogens is 565 g/mol. The molecule has 0 aliphatic heterocycles. The Labute approximate surface area is 253 Å². The predicted molar refractivity (Wildman–Crippen MR) is 166 cm³/mol. The number of aromatic nitrogens is 6. The number of aliphatic hydroxyl groups excluding tert-OH is 1. The van der Waals surface area contributed by atoms with E-state index in [0.717, 1.165) is 66.1 Å². The van der Waals surface area contributed by atoms with Crippen LogP contribution < -0.4 is 16.2 Å². The topological polar surface area (TPSA) is 146 Å². The largest absolute Gasteiger partial charge is 0.491 e. The summed E-state index contributed by atoms with van der Waals surface area (Å²) in [7, 11) is 3.46. The number of nitrogens with two attached hydrogens (primary N) is 1. The number of carbonyl (C=O) groups is 1. The lowest BCUT2D eigenvalue weighted by Gasteiger charge is -2.27. The standard InChI is InChI=1S/C28H31FN6O3.C4H7NO/c1-16-4-8-18(9-5-16)35-25-21(34(3)28(35)37)14-30-27-23(25)22(17-6-10-19(11-7-17)38-13-12-36)24(31-27)20-15-33(2)32-26(20)29;5-4(6)3-1-2-3/h6-7,10-11,14-16,18,36H,4-5,8-9,12-13H2,1-3H3,(H,30,31);3H,1-2H2,(H2,5,6). The third-order valence-electron chi connectivity index (χ3n) is 8.76. The summed E-state index contributed by atoms with van der Waals surface area (Å²) >= 11 is 0. The molecule has 232 valence electrons. The molecule has 11 nitrogen and oxygen atoms in total. The first-order valence-corrected chi connectivity index (χ1v) is 15.1. The SMILES string of the molecule is CC1CCC(n2c(=O)n(C)c3cnc4[nH]c(-c5cn(C)nc5F)c(-c5ccc(OCCO)cc5)c4c32)CC1.NC(=O)C1CC1. The van der Waals surface area contributed by atoms with E-state index in [-0.39, 0.29) is 36.8 Å². The molecule has 7 rings (SSSR count). The van der Waals surface area contributed by atoms with Crippen LogP contribution in [0.3, 0.4) is 0 Å². The minimum Gasteiger partial charge on any atom is -0.491 e. The van der Waals surface area contributed by atoms with E-state index in [1.54, 1.807) is 31.1 Å². The Bertz CT molecular complexity index is 1870. The first-order chi connectivity index (χ1) is 21.2. The number of amides is 1. The zero-order chi connectivity index (χ0) is 31.1. The second-order valence-electron chi connectivity index (χ2n) is 12.0. The maximum Gasteiger partial charge on any atom is 0.329 e. The van der Waals surface area contributed by atoms with Crippen molar-refractivity contribution in [3.63, 3.8) is 0 Å². The molecule has 5 aromatic rings. The number of nitrogens with zero attached hydrogens (tertiary/aromatic N) is 5. The fraction of sp³-hybridized carbons (Fsp3) is 0.438. The first-order valence-electron chi connectivity index (χ1n) is 15.1. The van der Waals surface area contributed by atoms with E-state index in [1.807, 2.05) is 28.8 Å². The summed E-state index contributed by atoms with van der Waals surface area (Å²) < 4.78 is 25.6. The highest BCUT2D eigenvalue weighted by molar-refractivity contribution is 6.14. The van der Waals surface area contributed by atoms with Gasteiger partial charge in [-0.15, -0.1) is 5.10 Å². The van der Waals surface area contributed by atoms with Crippen molar-refractivity contribution in [2.75, 3.05) is 13.2 Å². The Morgan fingerprint density at radius 1 is 1.14 bits per heavy atom. The number of imidazole rings is 1. The summed E-state index contributed by atoms with van der Waals surface area (Å²) in [5, 5.41) is 13.8. The van der Waals surface area contributed by atoms with Crippen molar-refractivity contribution in [2.45, 2.75) is 51.5 Å². The number of rotatable bonds is 7. The number of primary amides is 1. The molecule has 12 heteroatoms. The molecular formula is C32H38FN7O4. The molecule has 0 spiro atoms. The molecule has 0 atom stereocenters. The van der Waals surface area contributed by atoms with Gasteiger partial charge in [-0.05, 0) is 62.1 Å². The van der Waals surface area contributed by atoms with Crippen molar-refractivity contribution in [2.24, 2.45) is 31.7 Å². The predicted octanol–water partition coefficient (Wildman–Crippen LogP) is 4.43. The third kappa shape index (κ3) is 5.49. The quantitative estimate of drug-likeness (QED) is 0.251. The van der Waals surface area contributed by atoms with Crippen LogP contribution in [-0.2, 0) is 18.9 Å². The molecule has 44 heavy (non-hydrogen) atoms. The first kappa shape index (κ1) is 29.6. The van der Waals surface area contributed by atoms with Crippen molar-refractivity contribution in [3.05, 3.63) is 53.1 Å². The van der Waals surface area contributed by atoms with Gasteiger partial charge in [-0.25, -0.2) is 9.78 Å². The van der Waals surface area contributed by atoms with Crippen LogP contribution in [0.25, 0.3) is 44.5 Å². The molecule has 0 unspecified atom stereocenters. The lowest BCUT2D eigenvalue weighted by molar-refractivity contribution is -0.119. The number of aromatic amines is 1. The lowest BCUT2D eigenvalue weighted by atomic mass is 9.87. The summed E-state index contributed by atoms with van der Waals surface area (Å²) in [4.78, 5) is 31.6. The number of hydrogen-bond donors (Lipinski definition) is 3. The Hall–Kier alpha value is -4.45. The van der Waals surface area contributed by atoms with Crippen LogP contribution in [-0.4, -0.2) is 53.1 Å². The van der Waals surface area contributed by atoms with E-state index in [9.17, 15) is 9.59 Å².